The first kappa shape index (κ1) is 52.6. The molecule has 9 heteroatoms. The Morgan fingerprint density at radius 2 is 0.449 bits per heavy atom. The van der Waals surface area contributed by atoms with Crippen LogP contribution in [-0.4, -0.2) is 42.5 Å². The van der Waals surface area contributed by atoms with E-state index >= 15 is 0 Å². The van der Waals surface area contributed by atoms with Crippen LogP contribution in [0.5, 0.6) is 28.7 Å². The first-order valence-electron chi connectivity index (χ1n) is 15.6. The number of benzene rings is 5. The van der Waals surface area contributed by atoms with Gasteiger partial charge in [-0.05, 0) is 60.7 Å². The van der Waals surface area contributed by atoms with Gasteiger partial charge in [0.05, 0.1) is 0 Å². The summed E-state index contributed by atoms with van der Waals surface area (Å²) in [6, 6.07) is 43.6. The second-order valence-electron chi connectivity index (χ2n) is 7.81. The molecular weight excluding hydrogens is 622 g/mol. The lowest BCUT2D eigenvalue weighted by Crippen LogP contribution is -2.01. The van der Waals surface area contributed by atoms with Crippen LogP contribution >= 0.6 is 0 Å². The lowest BCUT2D eigenvalue weighted by molar-refractivity contribution is -0.134. The molecule has 5 rings (SSSR count). The van der Waals surface area contributed by atoms with E-state index in [1.165, 1.54) is 6.92 Å². The fourth-order valence-corrected chi connectivity index (χ4v) is 2.14. The number of primary amides is 1. The van der Waals surface area contributed by atoms with Crippen molar-refractivity contribution in [2.75, 3.05) is 0 Å². The number of hydrogen-bond donors (Lipinski definition) is 7. The van der Waals surface area contributed by atoms with Crippen LogP contribution < -0.4 is 5.73 Å². The molecule has 9 nitrogen and oxygen atoms in total. The summed E-state index contributed by atoms with van der Waals surface area (Å²) in [4.78, 5) is 18.2. The smallest absolute Gasteiger partial charge is 0.300 e. The largest absolute Gasteiger partial charge is 0.508 e. The molecule has 270 valence electrons. The van der Waals surface area contributed by atoms with Gasteiger partial charge in [-0.15, -0.1) is 0 Å². The number of carbonyl (C=O) groups is 2. The Morgan fingerprint density at radius 3 is 0.490 bits per heavy atom. The molecule has 0 atom stereocenters. The molecule has 0 radical (unpaired) electrons. The number of aromatic hydroxyl groups is 5. The van der Waals surface area contributed by atoms with Gasteiger partial charge in [-0.2, -0.15) is 0 Å². The topological polar surface area (TPSA) is 182 Å². The molecule has 5 aromatic carbocycles. The van der Waals surface area contributed by atoms with Gasteiger partial charge in [0.2, 0.25) is 5.91 Å². The number of carbonyl (C=O) groups excluding carboxylic acids is 1. The third-order valence-electron chi connectivity index (χ3n) is 3.78. The van der Waals surface area contributed by atoms with Crippen molar-refractivity contribution < 1.29 is 40.2 Å². The summed E-state index contributed by atoms with van der Waals surface area (Å²) < 4.78 is 0. The minimum absolute atomic E-state index is 0.322. The standard InChI is InChI=1S/5C6H6O.C2H5NO.C2H4O2.3C2H6/c5*7-6-4-2-1-3-5-6;2*1-2(3)4;3*1-2/h5*1-5,7H;1H3,(H2,3,4);1H3,(H,3,4);3*1-2H3. The molecule has 0 bridgehead atoms. The molecule has 8 N–H and O–H groups in total. The molecule has 0 aromatic heterocycles. The third-order valence-corrected chi connectivity index (χ3v) is 3.78. The average Bonchev–Trinajstić information content (AvgIpc) is 3.10. The van der Waals surface area contributed by atoms with Crippen molar-refractivity contribution in [1.29, 1.82) is 0 Å². The number of phenolic OH excluding ortho intramolecular Hbond substituents is 5. The zero-order chi connectivity index (χ0) is 38.7. The van der Waals surface area contributed by atoms with Gasteiger partial charge >= 0.3 is 0 Å². The predicted octanol–water partition coefficient (Wildman–Crippen LogP) is 9.62. The molecule has 0 spiro atoms. The number of rotatable bonds is 0. The maximum absolute atomic E-state index is 9.22. The Hall–Kier alpha value is -5.96. The van der Waals surface area contributed by atoms with E-state index in [1.54, 1.807) is 121 Å². The Labute approximate surface area is 293 Å². The number of aliphatic carboxylic acids is 1. The Balaban J connectivity index is -0.000000151. The van der Waals surface area contributed by atoms with Gasteiger partial charge in [0.25, 0.3) is 5.97 Å². The predicted molar refractivity (Wildman–Crippen MR) is 203 cm³/mol. The highest BCUT2D eigenvalue weighted by Gasteiger charge is 1.77. The summed E-state index contributed by atoms with van der Waals surface area (Å²) in [6.45, 7) is 14.4. The molecule has 0 unspecified atom stereocenters. The average molecular weight is 680 g/mol. The summed E-state index contributed by atoms with van der Waals surface area (Å²) in [5, 5.41) is 50.6. The zero-order valence-electron chi connectivity index (χ0n) is 30.0. The molecular formula is C40H57NO8. The summed E-state index contributed by atoms with van der Waals surface area (Å²) in [7, 11) is 0. The summed E-state index contributed by atoms with van der Waals surface area (Å²) in [5.41, 5.74) is 4.47. The SMILES string of the molecule is CC.CC.CC.CC(=O)O.CC(N)=O.Oc1ccccc1.Oc1ccccc1.Oc1ccccc1.Oc1ccccc1.Oc1ccccc1. The van der Waals surface area contributed by atoms with Crippen LogP contribution in [0, 0.1) is 0 Å². The molecule has 0 aliphatic rings. The number of carboxylic acid groups (broad SMARTS) is 1. The van der Waals surface area contributed by atoms with Gasteiger partial charge in [-0.25, -0.2) is 0 Å². The van der Waals surface area contributed by atoms with Gasteiger partial charge in [0.15, 0.2) is 0 Å². The van der Waals surface area contributed by atoms with Gasteiger partial charge < -0.3 is 36.4 Å². The van der Waals surface area contributed by atoms with Crippen molar-refractivity contribution >= 4 is 11.9 Å². The van der Waals surface area contributed by atoms with Crippen LogP contribution in [0.15, 0.2) is 152 Å². The molecule has 5 aromatic rings. The number of para-hydroxylation sites is 5. The minimum atomic E-state index is -0.833. The van der Waals surface area contributed by atoms with E-state index in [1.807, 2.05) is 71.9 Å². The molecule has 0 aliphatic heterocycles. The van der Waals surface area contributed by atoms with E-state index in [2.05, 4.69) is 5.73 Å². The van der Waals surface area contributed by atoms with Gasteiger partial charge in [-0.3, -0.25) is 9.59 Å². The van der Waals surface area contributed by atoms with E-state index in [0.29, 0.717) is 28.7 Å². The number of nitrogens with two attached hydrogens (primary N) is 1. The van der Waals surface area contributed by atoms with Gasteiger partial charge in [0.1, 0.15) is 28.7 Å². The third kappa shape index (κ3) is 58.2. The van der Waals surface area contributed by atoms with E-state index < -0.39 is 5.97 Å². The van der Waals surface area contributed by atoms with Crippen molar-refractivity contribution in [2.24, 2.45) is 5.73 Å². The first-order valence-corrected chi connectivity index (χ1v) is 15.6. The maximum atomic E-state index is 9.22. The number of hydrogen-bond acceptors (Lipinski definition) is 7. The van der Waals surface area contributed by atoms with Crippen molar-refractivity contribution in [3.63, 3.8) is 0 Å². The van der Waals surface area contributed by atoms with E-state index in [9.17, 15) is 4.79 Å². The van der Waals surface area contributed by atoms with Crippen LogP contribution in [0.4, 0.5) is 0 Å². The Bertz CT molecular complexity index is 1070. The van der Waals surface area contributed by atoms with Crippen LogP contribution in [-0.2, 0) is 9.59 Å². The van der Waals surface area contributed by atoms with Crippen molar-refractivity contribution in [3.05, 3.63) is 152 Å². The van der Waals surface area contributed by atoms with Crippen molar-refractivity contribution in [2.45, 2.75) is 55.4 Å². The minimum Gasteiger partial charge on any atom is -0.508 e. The number of carboxylic acids is 1. The van der Waals surface area contributed by atoms with Crippen LogP contribution in [0.3, 0.4) is 0 Å². The lowest BCUT2D eigenvalue weighted by atomic mass is 10.3. The molecule has 49 heavy (non-hydrogen) atoms. The fourth-order valence-electron chi connectivity index (χ4n) is 2.14. The zero-order valence-corrected chi connectivity index (χ0v) is 30.0. The molecule has 0 saturated carbocycles. The van der Waals surface area contributed by atoms with E-state index in [4.69, 9.17) is 35.4 Å². The number of phenols is 5. The maximum Gasteiger partial charge on any atom is 0.300 e. The molecule has 0 fully saturated rings. The first-order chi connectivity index (χ1) is 23.4. The van der Waals surface area contributed by atoms with Crippen molar-refractivity contribution in [3.8, 4) is 28.7 Å². The lowest BCUT2D eigenvalue weighted by Gasteiger charge is -1.82. The van der Waals surface area contributed by atoms with Crippen LogP contribution in [0.2, 0.25) is 0 Å². The summed E-state index contributed by atoms with van der Waals surface area (Å²) in [6.07, 6.45) is 0. The number of amides is 1. The van der Waals surface area contributed by atoms with Gasteiger partial charge in [-0.1, -0.05) is 133 Å². The van der Waals surface area contributed by atoms with Gasteiger partial charge in [0, 0.05) is 13.8 Å². The highest BCUT2D eigenvalue weighted by molar-refractivity contribution is 5.70. The monoisotopic (exact) mass is 679 g/mol. The Morgan fingerprint density at radius 1 is 0.367 bits per heavy atom. The van der Waals surface area contributed by atoms with Crippen LogP contribution in [0.1, 0.15) is 55.4 Å². The molecule has 0 saturated heterocycles. The second-order valence-corrected chi connectivity index (χ2v) is 7.81. The second kappa shape index (κ2) is 44.2. The highest BCUT2D eigenvalue weighted by atomic mass is 16.4. The van der Waals surface area contributed by atoms with Crippen LogP contribution in [0.25, 0.3) is 0 Å². The summed E-state index contributed by atoms with van der Waals surface area (Å²) in [5.74, 6) is 0.442. The summed E-state index contributed by atoms with van der Waals surface area (Å²) >= 11 is 0. The molecule has 1 amide bonds. The molecule has 0 aliphatic carbocycles. The van der Waals surface area contributed by atoms with Crippen molar-refractivity contribution in [1.82, 2.24) is 0 Å². The quantitative estimate of drug-likeness (QED) is 0.0844. The fraction of sp³-hybridized carbons (Fsp3) is 0.200. The highest BCUT2D eigenvalue weighted by Crippen LogP contribution is 2.05. The Kier molecular flexibility index (Phi) is 47.4. The van der Waals surface area contributed by atoms with E-state index in [0.717, 1.165) is 6.92 Å². The molecule has 0 heterocycles. The van der Waals surface area contributed by atoms with E-state index in [-0.39, 0.29) is 5.91 Å². The normalized spacial score (nSPS) is 7.51.